The first-order chi connectivity index (χ1) is 12.8. The fraction of sp³-hybridized carbons (Fsp3) is 0. The summed E-state index contributed by atoms with van der Waals surface area (Å²) in [5, 5.41) is 17.7. The summed E-state index contributed by atoms with van der Waals surface area (Å²) in [5.41, 5.74) is 2.91. The van der Waals surface area contributed by atoms with E-state index in [-0.39, 0.29) is 5.43 Å². The lowest BCUT2D eigenvalue weighted by atomic mass is 10.2. The molecule has 0 amide bonds. The van der Waals surface area contributed by atoms with Gasteiger partial charge in [-0.25, -0.2) is 9.36 Å². The second-order valence-electron chi connectivity index (χ2n) is 5.60. The molecule has 0 aliphatic rings. The fourth-order valence-corrected chi connectivity index (χ4v) is 2.68. The molecule has 6 nitrogen and oxygen atoms in total. The molecule has 4 aromatic rings. The molecule has 124 valence electrons. The van der Waals surface area contributed by atoms with Crippen molar-refractivity contribution in [2.45, 2.75) is 0 Å². The molecule has 0 unspecified atom stereocenters. The molecule has 2 aromatic carbocycles. The molecule has 0 aliphatic heterocycles. The van der Waals surface area contributed by atoms with Crippen LogP contribution in [0.2, 0.25) is 0 Å². The highest BCUT2D eigenvalue weighted by molar-refractivity contribution is 5.57. The number of hydrogen-bond donors (Lipinski definition) is 0. The van der Waals surface area contributed by atoms with Gasteiger partial charge in [0.1, 0.15) is 0 Å². The van der Waals surface area contributed by atoms with Crippen molar-refractivity contribution in [1.29, 1.82) is 5.26 Å². The zero-order valence-electron chi connectivity index (χ0n) is 13.6. The van der Waals surface area contributed by atoms with Crippen LogP contribution in [-0.4, -0.2) is 19.6 Å². The molecular formula is C20H13N5O. The molecule has 0 saturated heterocycles. The highest BCUT2D eigenvalue weighted by Gasteiger charge is 2.13. The van der Waals surface area contributed by atoms with Crippen molar-refractivity contribution < 1.29 is 0 Å². The van der Waals surface area contributed by atoms with Crippen molar-refractivity contribution in [1.82, 2.24) is 19.6 Å². The smallest absolute Gasteiger partial charge is 0.209 e. The Morgan fingerprint density at radius 1 is 0.885 bits per heavy atom. The molecule has 0 radical (unpaired) electrons. The summed E-state index contributed by atoms with van der Waals surface area (Å²) in [6, 6.07) is 21.9. The molecule has 2 heterocycles. The number of nitriles is 1. The topological polar surface area (TPSA) is 76.5 Å². The first-order valence-corrected chi connectivity index (χ1v) is 7.96. The number of rotatable bonds is 3. The van der Waals surface area contributed by atoms with Crippen molar-refractivity contribution in [2.75, 3.05) is 0 Å². The lowest BCUT2D eigenvalue weighted by Gasteiger charge is -2.09. The predicted molar refractivity (Wildman–Crippen MR) is 97.1 cm³/mol. The number of nitrogens with zero attached hydrogens (tertiary/aromatic N) is 5. The van der Waals surface area contributed by atoms with Crippen molar-refractivity contribution >= 4 is 0 Å². The molecule has 26 heavy (non-hydrogen) atoms. The Labute approximate surface area is 149 Å². The van der Waals surface area contributed by atoms with Crippen LogP contribution in [0, 0.1) is 11.3 Å². The van der Waals surface area contributed by atoms with Crippen LogP contribution in [0.5, 0.6) is 0 Å². The monoisotopic (exact) mass is 339 g/mol. The summed E-state index contributed by atoms with van der Waals surface area (Å²) in [5.74, 6) is 0. The van der Waals surface area contributed by atoms with E-state index in [1.165, 1.54) is 6.07 Å². The Morgan fingerprint density at radius 3 is 2.38 bits per heavy atom. The second-order valence-corrected chi connectivity index (χ2v) is 5.60. The summed E-state index contributed by atoms with van der Waals surface area (Å²) >= 11 is 0. The Bertz CT molecular complexity index is 1150. The van der Waals surface area contributed by atoms with Gasteiger partial charge in [-0.2, -0.15) is 15.5 Å². The molecule has 4 rings (SSSR count). The maximum atomic E-state index is 12.4. The first kappa shape index (κ1) is 15.5. The van der Waals surface area contributed by atoms with Crippen LogP contribution < -0.4 is 5.43 Å². The third kappa shape index (κ3) is 2.78. The largest absolute Gasteiger partial charge is 0.287 e. The van der Waals surface area contributed by atoms with Gasteiger partial charge in [0.05, 0.1) is 34.9 Å². The molecule has 0 atom stereocenters. The quantitative estimate of drug-likeness (QED) is 0.575. The van der Waals surface area contributed by atoms with E-state index in [0.717, 1.165) is 11.4 Å². The zero-order chi connectivity index (χ0) is 17.9. The molecule has 0 saturated carbocycles. The SMILES string of the molecule is N#Cc1ccc(-n2ccc(=O)c(-c3ccnn3-c3ccccc3)n2)cc1. The Balaban J connectivity index is 1.83. The predicted octanol–water partition coefficient (Wildman–Crippen LogP) is 2.96. The van der Waals surface area contributed by atoms with Crippen molar-refractivity contribution in [3.63, 3.8) is 0 Å². The molecular weight excluding hydrogens is 326 g/mol. The summed E-state index contributed by atoms with van der Waals surface area (Å²) in [4.78, 5) is 12.4. The Kier molecular flexibility index (Phi) is 3.88. The second kappa shape index (κ2) is 6.49. The average Bonchev–Trinajstić information content (AvgIpc) is 3.19. The highest BCUT2D eigenvalue weighted by atomic mass is 16.1. The van der Waals surface area contributed by atoms with E-state index in [2.05, 4.69) is 16.3 Å². The molecule has 0 bridgehead atoms. The van der Waals surface area contributed by atoms with Crippen LogP contribution in [0.15, 0.2) is 83.9 Å². The molecule has 2 aromatic heterocycles. The van der Waals surface area contributed by atoms with E-state index in [1.54, 1.807) is 52.1 Å². The van der Waals surface area contributed by atoms with Crippen molar-refractivity contribution in [3.8, 4) is 28.8 Å². The van der Waals surface area contributed by atoms with Crippen LogP contribution in [0.4, 0.5) is 0 Å². The molecule has 0 N–H and O–H groups in total. The summed E-state index contributed by atoms with van der Waals surface area (Å²) in [6.45, 7) is 0. The lowest BCUT2D eigenvalue weighted by molar-refractivity contribution is 0.823. The van der Waals surface area contributed by atoms with Crippen LogP contribution in [0.25, 0.3) is 22.8 Å². The van der Waals surface area contributed by atoms with Crippen molar-refractivity contribution in [2.24, 2.45) is 0 Å². The van der Waals surface area contributed by atoms with E-state index in [9.17, 15) is 4.79 Å². The van der Waals surface area contributed by atoms with Gasteiger partial charge in [0, 0.05) is 12.3 Å². The van der Waals surface area contributed by atoms with Crippen LogP contribution in [0.3, 0.4) is 0 Å². The first-order valence-electron chi connectivity index (χ1n) is 7.96. The maximum Gasteiger partial charge on any atom is 0.209 e. The minimum absolute atomic E-state index is 0.187. The molecule has 0 spiro atoms. The minimum Gasteiger partial charge on any atom is -0.287 e. The van der Waals surface area contributed by atoms with Gasteiger partial charge in [0.2, 0.25) is 5.43 Å². The van der Waals surface area contributed by atoms with Crippen LogP contribution >= 0.6 is 0 Å². The Hall–Kier alpha value is -3.98. The Morgan fingerprint density at radius 2 is 1.65 bits per heavy atom. The lowest BCUT2D eigenvalue weighted by Crippen LogP contribution is -2.14. The van der Waals surface area contributed by atoms with E-state index in [4.69, 9.17) is 5.26 Å². The van der Waals surface area contributed by atoms with Gasteiger partial charge >= 0.3 is 0 Å². The normalized spacial score (nSPS) is 10.4. The number of hydrogen-bond acceptors (Lipinski definition) is 4. The van der Waals surface area contributed by atoms with Crippen LogP contribution in [0.1, 0.15) is 5.56 Å². The minimum atomic E-state index is -0.187. The molecule has 0 aliphatic carbocycles. The third-order valence-corrected chi connectivity index (χ3v) is 3.96. The highest BCUT2D eigenvalue weighted by Crippen LogP contribution is 2.18. The van der Waals surface area contributed by atoms with Crippen LogP contribution in [-0.2, 0) is 0 Å². The zero-order valence-corrected chi connectivity index (χ0v) is 13.6. The van der Waals surface area contributed by atoms with E-state index in [0.29, 0.717) is 17.0 Å². The molecule has 6 heteroatoms. The fourth-order valence-electron chi connectivity index (χ4n) is 2.68. The van der Waals surface area contributed by atoms with Gasteiger partial charge in [-0.05, 0) is 42.5 Å². The standard InChI is InChI=1S/C20H13N5O/c21-14-15-6-8-16(9-7-15)24-13-11-19(26)20(23-24)18-10-12-22-25(18)17-4-2-1-3-5-17/h1-13H. The van der Waals surface area contributed by atoms with Gasteiger partial charge in [0.15, 0.2) is 5.69 Å². The summed E-state index contributed by atoms with van der Waals surface area (Å²) in [7, 11) is 0. The van der Waals surface area contributed by atoms with E-state index < -0.39 is 0 Å². The van der Waals surface area contributed by atoms with Gasteiger partial charge in [-0.15, -0.1) is 0 Å². The van der Waals surface area contributed by atoms with Crippen molar-refractivity contribution in [3.05, 3.63) is 94.9 Å². The van der Waals surface area contributed by atoms with Gasteiger partial charge < -0.3 is 0 Å². The summed E-state index contributed by atoms with van der Waals surface area (Å²) in [6.07, 6.45) is 3.25. The van der Waals surface area contributed by atoms with Gasteiger partial charge in [0.25, 0.3) is 0 Å². The number of para-hydroxylation sites is 1. The number of benzene rings is 2. The maximum absolute atomic E-state index is 12.4. The van der Waals surface area contributed by atoms with Gasteiger partial charge in [-0.1, -0.05) is 18.2 Å². The third-order valence-electron chi connectivity index (χ3n) is 3.96. The van der Waals surface area contributed by atoms with E-state index >= 15 is 0 Å². The van der Waals surface area contributed by atoms with Gasteiger partial charge in [-0.3, -0.25) is 4.79 Å². The average molecular weight is 339 g/mol. The number of aromatic nitrogens is 4. The summed E-state index contributed by atoms with van der Waals surface area (Å²) < 4.78 is 3.30. The molecule has 0 fully saturated rings. The van der Waals surface area contributed by atoms with E-state index in [1.807, 2.05) is 30.3 Å².